The Balaban J connectivity index is 1.98. The molecule has 2 fully saturated rings. The van der Waals surface area contributed by atoms with Crippen LogP contribution in [-0.4, -0.2) is 33.7 Å². The summed E-state index contributed by atoms with van der Waals surface area (Å²) in [4.78, 5) is 25.3. The Morgan fingerprint density at radius 3 is 2.65 bits per heavy atom. The van der Waals surface area contributed by atoms with E-state index in [9.17, 15) is 9.59 Å². The molecule has 7 nitrogen and oxygen atoms in total. The van der Waals surface area contributed by atoms with E-state index in [0.717, 1.165) is 6.42 Å². The molecule has 4 atom stereocenters. The van der Waals surface area contributed by atoms with Gasteiger partial charge in [-0.1, -0.05) is 6.92 Å². The number of fused-ring (bicyclic) bond motifs is 1. The Bertz CT molecular complexity index is 620. The Kier molecular flexibility index (Phi) is 3.07. The fourth-order valence-electron chi connectivity index (χ4n) is 2.84. The third-order valence-electron chi connectivity index (χ3n) is 3.65. The van der Waals surface area contributed by atoms with Crippen LogP contribution in [0.25, 0.3) is 0 Å². The molecule has 0 amide bonds. The molecule has 1 N–H and O–H groups in total. The van der Waals surface area contributed by atoms with Crippen LogP contribution in [0.3, 0.4) is 0 Å². The molecule has 0 spiro atoms. The average Bonchev–Trinajstić information content (AvgIpc) is 2.83. The van der Waals surface area contributed by atoms with Crippen LogP contribution in [0.4, 0.5) is 0 Å². The lowest BCUT2D eigenvalue weighted by Gasteiger charge is -2.24. The highest BCUT2D eigenvalue weighted by atomic mass is 16.8. The summed E-state index contributed by atoms with van der Waals surface area (Å²) in [7, 11) is 0. The van der Waals surface area contributed by atoms with Gasteiger partial charge in [-0.3, -0.25) is 14.3 Å². The Hall–Kier alpha value is -1.44. The van der Waals surface area contributed by atoms with E-state index in [1.165, 1.54) is 16.8 Å². The molecule has 7 heteroatoms. The quantitative estimate of drug-likeness (QED) is 0.847. The van der Waals surface area contributed by atoms with Crippen LogP contribution in [0.15, 0.2) is 21.9 Å². The smallest absolute Gasteiger partial charge is 0.330 e. The number of hydrogen-bond acceptors (Lipinski definition) is 5. The van der Waals surface area contributed by atoms with Gasteiger partial charge in [0.1, 0.15) is 12.2 Å². The molecule has 2 aliphatic heterocycles. The summed E-state index contributed by atoms with van der Waals surface area (Å²) in [5.74, 6) is -0.698. The second-order valence-electron chi connectivity index (χ2n) is 5.56. The van der Waals surface area contributed by atoms with Gasteiger partial charge in [0.15, 0.2) is 12.0 Å². The zero-order valence-electron chi connectivity index (χ0n) is 11.7. The lowest BCUT2D eigenvalue weighted by molar-refractivity contribution is -0.197. The van der Waals surface area contributed by atoms with Crippen molar-refractivity contribution in [1.82, 2.24) is 9.55 Å². The third-order valence-corrected chi connectivity index (χ3v) is 3.65. The highest BCUT2D eigenvalue weighted by molar-refractivity contribution is 4.98. The van der Waals surface area contributed by atoms with Crippen molar-refractivity contribution in [2.24, 2.45) is 0 Å². The Morgan fingerprint density at radius 2 is 2.00 bits per heavy atom. The zero-order chi connectivity index (χ0) is 14.5. The molecular formula is C13H18N2O5. The molecule has 0 aliphatic carbocycles. The monoisotopic (exact) mass is 282 g/mol. The second kappa shape index (κ2) is 4.54. The van der Waals surface area contributed by atoms with E-state index in [1.807, 2.05) is 20.8 Å². The minimum Gasteiger partial charge on any atom is -0.349 e. The first-order valence-electron chi connectivity index (χ1n) is 6.74. The first kappa shape index (κ1) is 13.5. The molecule has 0 saturated carbocycles. The van der Waals surface area contributed by atoms with Crippen LogP contribution in [0.1, 0.15) is 33.4 Å². The van der Waals surface area contributed by atoms with Gasteiger partial charge in [-0.05, 0) is 20.3 Å². The fourth-order valence-corrected chi connectivity index (χ4v) is 2.84. The van der Waals surface area contributed by atoms with Crippen molar-refractivity contribution in [3.05, 3.63) is 33.1 Å². The molecular weight excluding hydrogens is 264 g/mol. The molecule has 0 aromatic carbocycles. The summed E-state index contributed by atoms with van der Waals surface area (Å²) in [6, 6.07) is 1.29. The highest BCUT2D eigenvalue weighted by Gasteiger charge is 2.55. The van der Waals surface area contributed by atoms with Gasteiger partial charge >= 0.3 is 5.69 Å². The standard InChI is InChI=1S/C13H18N2O5/c1-4-7-9-10(20-13(2,3)19-9)11(18-7)15-6-5-8(16)14-12(15)17/h5-7,9-11H,4H2,1-3H3,(H,14,16,17)/t7-,9?,10?,11-/m1/s1. The Labute approximate surface area is 115 Å². The Morgan fingerprint density at radius 1 is 1.30 bits per heavy atom. The van der Waals surface area contributed by atoms with Crippen LogP contribution in [-0.2, 0) is 14.2 Å². The van der Waals surface area contributed by atoms with Crippen molar-refractivity contribution in [1.29, 1.82) is 0 Å². The maximum absolute atomic E-state index is 11.9. The number of nitrogens with zero attached hydrogens (tertiary/aromatic N) is 1. The summed E-state index contributed by atoms with van der Waals surface area (Å²) < 4.78 is 18.9. The molecule has 2 saturated heterocycles. The van der Waals surface area contributed by atoms with E-state index in [-0.39, 0.29) is 18.3 Å². The van der Waals surface area contributed by atoms with Crippen molar-refractivity contribution < 1.29 is 14.2 Å². The summed E-state index contributed by atoms with van der Waals surface area (Å²) >= 11 is 0. The van der Waals surface area contributed by atoms with Gasteiger partial charge in [-0.25, -0.2) is 4.79 Å². The van der Waals surface area contributed by atoms with Gasteiger partial charge in [-0.15, -0.1) is 0 Å². The first-order valence-corrected chi connectivity index (χ1v) is 6.74. The molecule has 110 valence electrons. The van der Waals surface area contributed by atoms with E-state index in [1.54, 1.807) is 0 Å². The van der Waals surface area contributed by atoms with Gasteiger partial charge < -0.3 is 14.2 Å². The van der Waals surface area contributed by atoms with Gasteiger partial charge in [-0.2, -0.15) is 0 Å². The second-order valence-corrected chi connectivity index (χ2v) is 5.56. The van der Waals surface area contributed by atoms with Gasteiger partial charge in [0, 0.05) is 12.3 Å². The topological polar surface area (TPSA) is 82.6 Å². The van der Waals surface area contributed by atoms with Crippen molar-refractivity contribution in [3.63, 3.8) is 0 Å². The fraction of sp³-hybridized carbons (Fsp3) is 0.692. The SMILES string of the molecule is CC[C@H]1O[C@@H](n2ccc(=O)[nH]c2=O)C2OC(C)(C)OC21. The number of H-pyrrole nitrogens is 1. The molecule has 0 radical (unpaired) electrons. The molecule has 2 aliphatic rings. The van der Waals surface area contributed by atoms with Crippen LogP contribution in [0, 0.1) is 0 Å². The minimum atomic E-state index is -0.698. The van der Waals surface area contributed by atoms with Crippen LogP contribution in [0.5, 0.6) is 0 Å². The molecule has 0 bridgehead atoms. The maximum atomic E-state index is 11.9. The maximum Gasteiger partial charge on any atom is 0.330 e. The van der Waals surface area contributed by atoms with Crippen molar-refractivity contribution >= 4 is 0 Å². The zero-order valence-corrected chi connectivity index (χ0v) is 11.7. The molecule has 2 unspecified atom stereocenters. The lowest BCUT2D eigenvalue weighted by atomic mass is 10.1. The number of aromatic nitrogens is 2. The van der Waals surface area contributed by atoms with Crippen molar-refractivity contribution in [2.45, 2.75) is 57.5 Å². The third kappa shape index (κ3) is 2.11. The van der Waals surface area contributed by atoms with Gasteiger partial charge in [0.2, 0.25) is 0 Å². The molecule has 3 heterocycles. The first-order chi connectivity index (χ1) is 9.41. The van der Waals surface area contributed by atoms with E-state index in [2.05, 4.69) is 4.98 Å². The number of aromatic amines is 1. The van der Waals surface area contributed by atoms with Crippen LogP contribution < -0.4 is 11.2 Å². The van der Waals surface area contributed by atoms with Crippen molar-refractivity contribution in [3.8, 4) is 0 Å². The van der Waals surface area contributed by atoms with Gasteiger partial charge in [0.25, 0.3) is 5.56 Å². The van der Waals surface area contributed by atoms with Gasteiger partial charge in [0.05, 0.1) is 6.10 Å². The van der Waals surface area contributed by atoms with Crippen LogP contribution >= 0.6 is 0 Å². The van der Waals surface area contributed by atoms with Crippen molar-refractivity contribution in [2.75, 3.05) is 0 Å². The summed E-state index contributed by atoms with van der Waals surface area (Å²) in [5.41, 5.74) is -0.942. The number of nitrogens with one attached hydrogen (secondary N) is 1. The van der Waals surface area contributed by atoms with E-state index in [0.29, 0.717) is 0 Å². The summed E-state index contributed by atoms with van der Waals surface area (Å²) in [6.07, 6.45) is 0.893. The summed E-state index contributed by atoms with van der Waals surface area (Å²) in [5, 5.41) is 0. The molecule has 3 rings (SSSR count). The minimum absolute atomic E-state index is 0.134. The predicted molar refractivity (Wildman–Crippen MR) is 69.3 cm³/mol. The molecule has 1 aromatic heterocycles. The van der Waals surface area contributed by atoms with Crippen LogP contribution in [0.2, 0.25) is 0 Å². The van der Waals surface area contributed by atoms with E-state index >= 15 is 0 Å². The van der Waals surface area contributed by atoms with E-state index in [4.69, 9.17) is 14.2 Å². The summed E-state index contributed by atoms with van der Waals surface area (Å²) in [6.45, 7) is 5.67. The number of rotatable bonds is 2. The molecule has 1 aromatic rings. The largest absolute Gasteiger partial charge is 0.349 e. The lowest BCUT2D eigenvalue weighted by Crippen LogP contribution is -2.37. The van der Waals surface area contributed by atoms with E-state index < -0.39 is 23.3 Å². The number of hydrogen-bond donors (Lipinski definition) is 1. The average molecular weight is 282 g/mol. The number of ether oxygens (including phenoxy) is 3. The molecule has 20 heavy (non-hydrogen) atoms. The predicted octanol–water partition coefficient (Wildman–Crippen LogP) is 0.364. The highest BCUT2D eigenvalue weighted by Crippen LogP contribution is 2.43. The normalized spacial score (nSPS) is 35.1.